The average molecular weight is 448 g/mol. The highest BCUT2D eigenvalue weighted by molar-refractivity contribution is 5.95. The summed E-state index contributed by atoms with van der Waals surface area (Å²) in [6.07, 6.45) is 3.76. The molecule has 1 fully saturated rings. The van der Waals surface area contributed by atoms with Gasteiger partial charge in [0, 0.05) is 6.04 Å². The van der Waals surface area contributed by atoms with Gasteiger partial charge in [-0.3, -0.25) is 9.78 Å². The molecule has 2 N–H and O–H groups in total. The molecule has 0 bridgehead atoms. The number of nitrogens with zero attached hydrogens (tertiary/aromatic N) is 1. The van der Waals surface area contributed by atoms with Gasteiger partial charge in [0.05, 0.1) is 6.61 Å². The van der Waals surface area contributed by atoms with Crippen LogP contribution in [-0.2, 0) is 6.61 Å². The van der Waals surface area contributed by atoms with Crippen LogP contribution in [0.2, 0.25) is 0 Å². The third-order valence-corrected chi connectivity index (χ3v) is 5.92. The molecule has 0 saturated heterocycles. The molecule has 0 unspecified atom stereocenters. The van der Waals surface area contributed by atoms with Gasteiger partial charge in [-0.05, 0) is 49.7 Å². The maximum Gasteiger partial charge on any atom is 0.349 e. The quantitative estimate of drug-likeness (QED) is 0.540. The molecule has 4 rings (SSSR count). The Hall–Kier alpha value is -3.61. The van der Waals surface area contributed by atoms with Crippen LogP contribution in [-0.4, -0.2) is 28.5 Å². The average Bonchev–Trinajstić information content (AvgIpc) is 2.85. The van der Waals surface area contributed by atoms with Gasteiger partial charge >= 0.3 is 5.69 Å². The predicted octanol–water partition coefficient (Wildman–Crippen LogP) is 4.20. The summed E-state index contributed by atoms with van der Waals surface area (Å²) in [7, 11) is 0. The Morgan fingerprint density at radius 1 is 1.00 bits per heavy atom. The van der Waals surface area contributed by atoms with Crippen molar-refractivity contribution in [2.75, 3.05) is 6.61 Å². The molecular weight excluding hydrogens is 418 g/mol. The van der Waals surface area contributed by atoms with E-state index in [1.807, 2.05) is 36.4 Å². The number of hydrogen-bond donors (Lipinski definition) is 2. The Balaban J connectivity index is 1.47. The van der Waals surface area contributed by atoms with Crippen molar-refractivity contribution in [2.24, 2.45) is 0 Å². The maximum absolute atomic E-state index is 13.2. The van der Waals surface area contributed by atoms with Gasteiger partial charge in [0.1, 0.15) is 6.61 Å². The normalized spacial score (nSPS) is 17.8. The lowest BCUT2D eigenvalue weighted by Crippen LogP contribution is -2.38. The molecule has 0 atom stereocenters. The van der Waals surface area contributed by atoms with E-state index >= 15 is 0 Å². The predicted molar refractivity (Wildman–Crippen MR) is 126 cm³/mol. The first-order valence-corrected chi connectivity index (χ1v) is 11.4. The van der Waals surface area contributed by atoms with Gasteiger partial charge in [0.15, 0.2) is 5.69 Å². The summed E-state index contributed by atoms with van der Waals surface area (Å²) in [6, 6.07) is 20.1. The van der Waals surface area contributed by atoms with Crippen LogP contribution in [0.1, 0.15) is 60.1 Å². The van der Waals surface area contributed by atoms with Gasteiger partial charge in [0.25, 0.3) is 11.8 Å². The van der Waals surface area contributed by atoms with Crippen molar-refractivity contribution in [2.45, 2.75) is 51.2 Å². The number of aromatic amines is 1. The molecular formula is C26H29N3O4. The van der Waals surface area contributed by atoms with Crippen molar-refractivity contribution < 1.29 is 14.3 Å². The highest BCUT2D eigenvalue weighted by Gasteiger charge is 2.27. The topological polar surface area (TPSA) is 93.3 Å². The number of nitrogens with one attached hydrogen (secondary N) is 2. The Bertz CT molecular complexity index is 1110. The summed E-state index contributed by atoms with van der Waals surface area (Å²) < 4.78 is 11.4. The third-order valence-electron chi connectivity index (χ3n) is 5.92. The van der Waals surface area contributed by atoms with Gasteiger partial charge < -0.3 is 14.8 Å². The van der Waals surface area contributed by atoms with Crippen LogP contribution in [0.25, 0.3) is 0 Å². The van der Waals surface area contributed by atoms with Crippen molar-refractivity contribution in [1.82, 2.24) is 15.3 Å². The molecule has 0 spiro atoms. The summed E-state index contributed by atoms with van der Waals surface area (Å²) in [5, 5.41) is 3.07. The first kappa shape index (κ1) is 22.6. The van der Waals surface area contributed by atoms with Crippen molar-refractivity contribution in [3.05, 3.63) is 88.0 Å². The lowest BCUT2D eigenvalue weighted by Gasteiger charge is -2.29. The number of hydrogen-bond acceptors (Lipinski definition) is 5. The lowest BCUT2D eigenvalue weighted by molar-refractivity contribution is 0.0913. The van der Waals surface area contributed by atoms with Crippen molar-refractivity contribution in [3.8, 4) is 11.6 Å². The Labute approximate surface area is 193 Å². The third kappa shape index (κ3) is 5.80. The number of carbonyl (C=O) groups excluding carboxylic acids is 1. The van der Waals surface area contributed by atoms with Gasteiger partial charge in [-0.25, -0.2) is 4.79 Å². The van der Waals surface area contributed by atoms with E-state index in [0.29, 0.717) is 12.5 Å². The van der Waals surface area contributed by atoms with Crippen LogP contribution < -0.4 is 20.5 Å². The molecule has 1 amide bonds. The SMILES string of the molecule is CCOc1nc(=O)[nH]c(C(=O)NC2CCC(c3ccccc3)CC2)c1OCc1ccccc1. The molecule has 3 aromatic rings. The van der Waals surface area contributed by atoms with Crippen LogP contribution in [0.5, 0.6) is 11.6 Å². The molecule has 0 aliphatic heterocycles. The molecule has 1 aliphatic carbocycles. The Kier molecular flexibility index (Phi) is 7.40. The zero-order valence-electron chi connectivity index (χ0n) is 18.8. The number of ether oxygens (including phenoxy) is 2. The second-order valence-electron chi connectivity index (χ2n) is 8.19. The second-order valence-corrected chi connectivity index (χ2v) is 8.19. The first-order chi connectivity index (χ1) is 16.1. The molecule has 0 radical (unpaired) electrons. The molecule has 1 saturated carbocycles. The van der Waals surface area contributed by atoms with Crippen molar-refractivity contribution in [3.63, 3.8) is 0 Å². The number of amides is 1. The summed E-state index contributed by atoms with van der Waals surface area (Å²) in [6.45, 7) is 2.30. The van der Waals surface area contributed by atoms with Crippen LogP contribution in [0.3, 0.4) is 0 Å². The molecule has 1 aliphatic rings. The van der Waals surface area contributed by atoms with E-state index < -0.39 is 5.69 Å². The van der Waals surface area contributed by atoms with E-state index in [0.717, 1.165) is 31.2 Å². The van der Waals surface area contributed by atoms with Gasteiger partial charge in [-0.1, -0.05) is 60.7 Å². The van der Waals surface area contributed by atoms with Crippen molar-refractivity contribution >= 4 is 5.91 Å². The number of H-pyrrole nitrogens is 1. The zero-order chi connectivity index (χ0) is 23.0. The fourth-order valence-electron chi connectivity index (χ4n) is 4.25. The highest BCUT2D eigenvalue weighted by atomic mass is 16.5. The monoisotopic (exact) mass is 447 g/mol. The molecule has 33 heavy (non-hydrogen) atoms. The minimum absolute atomic E-state index is 0.0233. The minimum Gasteiger partial charge on any atom is -0.481 e. The molecule has 7 nitrogen and oxygen atoms in total. The van der Waals surface area contributed by atoms with E-state index in [1.165, 1.54) is 5.56 Å². The first-order valence-electron chi connectivity index (χ1n) is 11.4. The smallest absolute Gasteiger partial charge is 0.349 e. The van der Waals surface area contributed by atoms with Gasteiger partial charge in [-0.2, -0.15) is 4.98 Å². The van der Waals surface area contributed by atoms with Gasteiger partial charge in [-0.15, -0.1) is 0 Å². The van der Waals surface area contributed by atoms with Crippen LogP contribution in [0.15, 0.2) is 65.5 Å². The summed E-state index contributed by atoms with van der Waals surface area (Å²) in [5.41, 5.74) is 1.67. The Morgan fingerprint density at radius 2 is 1.67 bits per heavy atom. The standard InChI is InChI=1S/C26H29N3O4/c1-2-32-25-23(33-17-18-9-5-3-6-10-18)22(28-26(31)29-25)24(30)27-21-15-13-20(14-16-21)19-11-7-4-8-12-19/h3-12,20-21H,2,13-17H2,1H3,(H,27,30)(H,28,29,31). The molecule has 2 aromatic carbocycles. The second kappa shape index (κ2) is 10.8. The van der Waals surface area contributed by atoms with E-state index in [9.17, 15) is 9.59 Å². The summed E-state index contributed by atoms with van der Waals surface area (Å²) >= 11 is 0. The van der Waals surface area contributed by atoms with Crippen molar-refractivity contribution in [1.29, 1.82) is 0 Å². The fourth-order valence-corrected chi connectivity index (χ4v) is 4.25. The maximum atomic E-state index is 13.2. The molecule has 1 aromatic heterocycles. The van der Waals surface area contributed by atoms with E-state index in [-0.39, 0.29) is 35.9 Å². The largest absolute Gasteiger partial charge is 0.481 e. The van der Waals surface area contributed by atoms with Crippen LogP contribution in [0, 0.1) is 0 Å². The lowest BCUT2D eigenvalue weighted by atomic mass is 9.82. The van der Waals surface area contributed by atoms with Crippen LogP contribution >= 0.6 is 0 Å². The highest BCUT2D eigenvalue weighted by Crippen LogP contribution is 2.33. The number of rotatable bonds is 8. The molecule has 7 heteroatoms. The summed E-state index contributed by atoms with van der Waals surface area (Å²) in [5.74, 6) is 0.293. The minimum atomic E-state index is -0.650. The van der Waals surface area contributed by atoms with Gasteiger partial charge in [0.2, 0.25) is 5.75 Å². The summed E-state index contributed by atoms with van der Waals surface area (Å²) in [4.78, 5) is 31.7. The van der Waals surface area contributed by atoms with E-state index in [4.69, 9.17) is 9.47 Å². The molecule has 172 valence electrons. The number of carbonyl (C=O) groups is 1. The van der Waals surface area contributed by atoms with Crippen LogP contribution in [0.4, 0.5) is 0 Å². The molecule has 1 heterocycles. The Morgan fingerprint density at radius 3 is 2.33 bits per heavy atom. The fraction of sp³-hybridized carbons (Fsp3) is 0.346. The number of aromatic nitrogens is 2. The number of benzene rings is 2. The van der Waals surface area contributed by atoms with E-state index in [2.05, 4.69) is 39.6 Å². The zero-order valence-corrected chi connectivity index (χ0v) is 18.8. The van der Waals surface area contributed by atoms with E-state index in [1.54, 1.807) is 6.92 Å².